The number of carboxylic acids is 1. The average Bonchev–Trinajstić information content (AvgIpc) is 2.86. The number of nitrogens with zero attached hydrogens (tertiary/aromatic N) is 3. The molecule has 1 aliphatic rings. The normalized spacial score (nSPS) is 19.2. The Morgan fingerprint density at radius 1 is 1.60 bits per heavy atom. The van der Waals surface area contributed by atoms with Gasteiger partial charge in [-0.1, -0.05) is 6.92 Å². The molecule has 6 heteroatoms. The Morgan fingerprint density at radius 3 is 3.00 bits per heavy atom. The van der Waals surface area contributed by atoms with Crippen LogP contribution in [0.2, 0.25) is 0 Å². The van der Waals surface area contributed by atoms with E-state index in [1.807, 2.05) is 11.9 Å². The lowest BCUT2D eigenvalue weighted by molar-refractivity contribution is 0.0690. The average molecular weight is 278 g/mol. The quantitative estimate of drug-likeness (QED) is 0.844. The van der Waals surface area contributed by atoms with Gasteiger partial charge in [-0.15, -0.1) is 0 Å². The lowest BCUT2D eigenvalue weighted by Crippen LogP contribution is -2.39. The molecular formula is C14H22N4O2. The molecule has 0 bridgehead atoms. The maximum Gasteiger partial charge on any atom is 0.354 e. The van der Waals surface area contributed by atoms with Gasteiger partial charge in [0.2, 0.25) is 0 Å². The van der Waals surface area contributed by atoms with Gasteiger partial charge in [0.15, 0.2) is 11.5 Å². The van der Waals surface area contributed by atoms with Crippen molar-refractivity contribution >= 4 is 17.5 Å². The van der Waals surface area contributed by atoms with E-state index in [2.05, 4.69) is 16.8 Å². The molecule has 1 atom stereocenters. The second-order valence-corrected chi connectivity index (χ2v) is 5.22. The third kappa shape index (κ3) is 3.01. The Hall–Kier alpha value is -1.82. The second kappa shape index (κ2) is 6.09. The van der Waals surface area contributed by atoms with Gasteiger partial charge in [0, 0.05) is 19.6 Å². The zero-order valence-electron chi connectivity index (χ0n) is 12.0. The van der Waals surface area contributed by atoms with Crippen molar-refractivity contribution in [1.82, 2.24) is 9.88 Å². The number of carbonyl (C=O) groups is 1. The predicted molar refractivity (Wildman–Crippen MR) is 79.1 cm³/mol. The zero-order valence-corrected chi connectivity index (χ0v) is 12.0. The summed E-state index contributed by atoms with van der Waals surface area (Å²) in [5, 5.41) is 9.02. The maximum absolute atomic E-state index is 11.0. The van der Waals surface area contributed by atoms with Gasteiger partial charge < -0.3 is 15.7 Å². The van der Waals surface area contributed by atoms with Crippen LogP contribution in [0.4, 0.5) is 11.5 Å². The third-order valence-electron chi connectivity index (χ3n) is 3.88. The number of likely N-dealkylation sites (tertiary alicyclic amines) is 1. The van der Waals surface area contributed by atoms with Crippen LogP contribution in [0.25, 0.3) is 0 Å². The largest absolute Gasteiger partial charge is 0.477 e. The predicted octanol–water partition coefficient (Wildman–Crippen LogP) is 1.28. The summed E-state index contributed by atoms with van der Waals surface area (Å²) >= 11 is 0. The van der Waals surface area contributed by atoms with Gasteiger partial charge in [0.1, 0.15) is 0 Å². The molecule has 6 nitrogen and oxygen atoms in total. The molecule has 3 N–H and O–H groups in total. The minimum Gasteiger partial charge on any atom is -0.477 e. The highest BCUT2D eigenvalue weighted by Gasteiger charge is 2.25. The molecule has 1 saturated heterocycles. The third-order valence-corrected chi connectivity index (χ3v) is 3.88. The first-order chi connectivity index (χ1) is 9.52. The van der Waals surface area contributed by atoms with Crippen LogP contribution in [-0.4, -0.2) is 53.7 Å². The molecule has 2 heterocycles. The van der Waals surface area contributed by atoms with E-state index in [1.54, 1.807) is 6.07 Å². The standard InChI is InChI=1S/C14H22N4O2/c1-3-18-8-4-5-10(18)9-17(2)13-11(15)6-7-12(16-13)14(19)20/h6-7,10H,3-5,8-9,15H2,1-2H3,(H,19,20). The number of nitrogens with two attached hydrogens (primary N) is 1. The van der Waals surface area contributed by atoms with Crippen LogP contribution >= 0.6 is 0 Å². The highest BCUT2D eigenvalue weighted by molar-refractivity contribution is 5.86. The lowest BCUT2D eigenvalue weighted by Gasteiger charge is -2.29. The number of aromatic carboxylic acids is 1. The van der Waals surface area contributed by atoms with Gasteiger partial charge in [-0.2, -0.15) is 0 Å². The molecule has 0 aromatic carbocycles. The molecule has 1 aromatic rings. The summed E-state index contributed by atoms with van der Waals surface area (Å²) < 4.78 is 0. The van der Waals surface area contributed by atoms with E-state index in [9.17, 15) is 4.79 Å². The summed E-state index contributed by atoms with van der Waals surface area (Å²) in [5.41, 5.74) is 6.46. The molecule has 1 fully saturated rings. The Balaban J connectivity index is 2.14. The van der Waals surface area contributed by atoms with Crippen molar-refractivity contribution in [1.29, 1.82) is 0 Å². The first-order valence-corrected chi connectivity index (χ1v) is 6.98. The van der Waals surface area contributed by atoms with Gasteiger partial charge in [-0.3, -0.25) is 4.90 Å². The Bertz CT molecular complexity index is 492. The van der Waals surface area contributed by atoms with Crippen molar-refractivity contribution in [2.45, 2.75) is 25.8 Å². The molecule has 110 valence electrons. The van der Waals surface area contributed by atoms with Crippen LogP contribution < -0.4 is 10.6 Å². The molecule has 1 aromatic heterocycles. The molecule has 0 saturated carbocycles. The van der Waals surface area contributed by atoms with Crippen LogP contribution in [0.5, 0.6) is 0 Å². The Kier molecular flexibility index (Phi) is 4.44. The fourth-order valence-electron chi connectivity index (χ4n) is 2.80. The van der Waals surface area contributed by atoms with Crippen molar-refractivity contribution in [3.63, 3.8) is 0 Å². The fourth-order valence-corrected chi connectivity index (χ4v) is 2.80. The van der Waals surface area contributed by atoms with E-state index < -0.39 is 5.97 Å². The minimum atomic E-state index is -1.03. The SMILES string of the molecule is CCN1CCCC1CN(C)c1nc(C(=O)O)ccc1N. The summed E-state index contributed by atoms with van der Waals surface area (Å²) in [6.07, 6.45) is 2.38. The summed E-state index contributed by atoms with van der Waals surface area (Å²) in [6, 6.07) is 3.52. The van der Waals surface area contributed by atoms with E-state index in [4.69, 9.17) is 10.8 Å². The number of hydrogen-bond acceptors (Lipinski definition) is 5. The van der Waals surface area contributed by atoms with Crippen molar-refractivity contribution in [2.75, 3.05) is 37.3 Å². The number of rotatable bonds is 5. The summed E-state index contributed by atoms with van der Waals surface area (Å²) in [4.78, 5) is 19.5. The number of likely N-dealkylation sites (N-methyl/N-ethyl adjacent to an activating group) is 2. The number of nitrogen functional groups attached to an aromatic ring is 1. The molecular weight excluding hydrogens is 256 g/mol. The molecule has 0 amide bonds. The smallest absolute Gasteiger partial charge is 0.354 e. The number of anilines is 2. The van der Waals surface area contributed by atoms with Gasteiger partial charge in [0.25, 0.3) is 0 Å². The summed E-state index contributed by atoms with van der Waals surface area (Å²) in [7, 11) is 1.91. The van der Waals surface area contributed by atoms with Gasteiger partial charge >= 0.3 is 5.97 Å². The van der Waals surface area contributed by atoms with Crippen LogP contribution in [0.15, 0.2) is 12.1 Å². The first-order valence-electron chi connectivity index (χ1n) is 6.98. The maximum atomic E-state index is 11.0. The number of carboxylic acid groups (broad SMARTS) is 1. The number of hydrogen-bond donors (Lipinski definition) is 2. The van der Waals surface area contributed by atoms with Gasteiger partial charge in [-0.05, 0) is 38.1 Å². The first kappa shape index (κ1) is 14.6. The molecule has 0 aliphatic carbocycles. The van der Waals surface area contributed by atoms with E-state index in [0.717, 1.165) is 26.1 Å². The number of aromatic nitrogens is 1. The van der Waals surface area contributed by atoms with Crippen LogP contribution in [0.3, 0.4) is 0 Å². The summed E-state index contributed by atoms with van der Waals surface area (Å²) in [6.45, 7) is 5.15. The highest BCUT2D eigenvalue weighted by Crippen LogP contribution is 2.23. The van der Waals surface area contributed by atoms with Gasteiger partial charge in [-0.25, -0.2) is 9.78 Å². The van der Waals surface area contributed by atoms with Crippen molar-refractivity contribution in [3.8, 4) is 0 Å². The van der Waals surface area contributed by atoms with E-state index in [-0.39, 0.29) is 5.69 Å². The van der Waals surface area contributed by atoms with Crippen molar-refractivity contribution < 1.29 is 9.90 Å². The molecule has 1 aliphatic heterocycles. The minimum absolute atomic E-state index is 0.0276. The van der Waals surface area contributed by atoms with Crippen molar-refractivity contribution in [2.24, 2.45) is 0 Å². The molecule has 1 unspecified atom stereocenters. The van der Waals surface area contributed by atoms with Crippen LogP contribution in [0.1, 0.15) is 30.3 Å². The number of pyridine rings is 1. The molecule has 2 rings (SSSR count). The molecule has 0 spiro atoms. The van der Waals surface area contributed by atoms with Crippen LogP contribution in [0, 0.1) is 0 Å². The second-order valence-electron chi connectivity index (χ2n) is 5.22. The fraction of sp³-hybridized carbons (Fsp3) is 0.571. The van der Waals surface area contributed by atoms with Crippen LogP contribution in [-0.2, 0) is 0 Å². The Labute approximate surface area is 119 Å². The van der Waals surface area contributed by atoms with E-state index in [0.29, 0.717) is 17.5 Å². The highest BCUT2D eigenvalue weighted by atomic mass is 16.4. The summed E-state index contributed by atoms with van der Waals surface area (Å²) in [5.74, 6) is -0.483. The van der Waals surface area contributed by atoms with Crippen molar-refractivity contribution in [3.05, 3.63) is 17.8 Å². The van der Waals surface area contributed by atoms with E-state index >= 15 is 0 Å². The molecule has 0 radical (unpaired) electrons. The Morgan fingerprint density at radius 2 is 2.35 bits per heavy atom. The lowest BCUT2D eigenvalue weighted by atomic mass is 10.2. The molecule has 20 heavy (non-hydrogen) atoms. The monoisotopic (exact) mass is 278 g/mol. The van der Waals surface area contributed by atoms with E-state index in [1.165, 1.54) is 12.5 Å². The zero-order chi connectivity index (χ0) is 14.7. The topological polar surface area (TPSA) is 82.7 Å². The van der Waals surface area contributed by atoms with Gasteiger partial charge in [0.05, 0.1) is 5.69 Å².